The van der Waals surface area contributed by atoms with E-state index in [1.807, 2.05) is 19.9 Å². The first-order chi connectivity index (χ1) is 20.3. The van der Waals surface area contributed by atoms with Gasteiger partial charge in [0.2, 0.25) is 0 Å². The van der Waals surface area contributed by atoms with Gasteiger partial charge in [0.1, 0.15) is 29.8 Å². The van der Waals surface area contributed by atoms with Gasteiger partial charge in [-0.05, 0) is 63.3 Å². The lowest BCUT2D eigenvalue weighted by Crippen LogP contribution is -2.56. The fraction of sp³-hybridized carbons (Fsp3) is 0.548. The minimum atomic E-state index is -0.864. The smallest absolute Gasteiger partial charge is 0.319 e. The zero-order valence-corrected chi connectivity index (χ0v) is 24.1. The summed E-state index contributed by atoms with van der Waals surface area (Å²) in [5.41, 5.74) is 3.31. The van der Waals surface area contributed by atoms with Crippen LogP contribution in [0.2, 0.25) is 0 Å². The van der Waals surface area contributed by atoms with Crippen LogP contribution in [0.5, 0.6) is 6.01 Å². The number of benzene rings is 1. The highest BCUT2D eigenvalue weighted by Crippen LogP contribution is 2.42. The summed E-state index contributed by atoms with van der Waals surface area (Å²) in [6, 6.07) is 2.12. The van der Waals surface area contributed by atoms with E-state index in [-0.39, 0.29) is 35.0 Å². The topological polar surface area (TPSA) is 92.3 Å². The van der Waals surface area contributed by atoms with Crippen LogP contribution in [0.15, 0.2) is 18.5 Å². The molecule has 1 aromatic carbocycles. The Kier molecular flexibility index (Phi) is 5.95. The Labute approximate surface area is 242 Å². The number of H-pyrrole nitrogens is 1. The molecule has 4 fully saturated rings. The molecule has 0 amide bonds. The predicted molar refractivity (Wildman–Crippen MR) is 155 cm³/mol. The van der Waals surface area contributed by atoms with E-state index in [4.69, 9.17) is 14.5 Å². The normalized spacial score (nSPS) is 27.7. The zero-order chi connectivity index (χ0) is 28.6. The largest absolute Gasteiger partial charge is 0.461 e. The minimum absolute atomic E-state index is 0.112. The number of halogens is 2. The van der Waals surface area contributed by atoms with Gasteiger partial charge in [-0.15, -0.1) is 0 Å². The highest BCUT2D eigenvalue weighted by Gasteiger charge is 2.49. The number of alkyl halides is 1. The van der Waals surface area contributed by atoms with E-state index >= 15 is 4.39 Å². The Hall–Kier alpha value is -3.44. The fourth-order valence-electron chi connectivity index (χ4n) is 7.78. The Morgan fingerprint density at radius 1 is 1.12 bits per heavy atom. The summed E-state index contributed by atoms with van der Waals surface area (Å²) < 4.78 is 43.5. The van der Waals surface area contributed by atoms with E-state index in [9.17, 15) is 4.39 Å². The van der Waals surface area contributed by atoms with Crippen LogP contribution in [-0.4, -0.2) is 86.8 Å². The SMILES string of the molecule is Cc1cc2[nH]ncc2c(-c2ncc3c(N4CCC[C@]5(CCO5)C4)nc(OC[C@@]45CCCN4C[C@H](F)C5)nc3c2F)c1C. The summed E-state index contributed by atoms with van der Waals surface area (Å²) in [6.45, 7) is 7.76. The number of nitrogens with zero attached hydrogens (tertiary/aromatic N) is 6. The maximum atomic E-state index is 16.7. The van der Waals surface area contributed by atoms with E-state index in [0.29, 0.717) is 36.3 Å². The number of aromatic nitrogens is 5. The molecular formula is C31H35F2N7O2. The lowest BCUT2D eigenvalue weighted by Gasteiger charge is -2.48. The van der Waals surface area contributed by atoms with Crippen LogP contribution in [-0.2, 0) is 4.74 Å². The number of rotatable bonds is 5. The van der Waals surface area contributed by atoms with Gasteiger partial charge in [0.25, 0.3) is 0 Å². The van der Waals surface area contributed by atoms with Crippen molar-refractivity contribution in [2.75, 3.05) is 44.3 Å². The van der Waals surface area contributed by atoms with Crippen molar-refractivity contribution in [3.63, 3.8) is 0 Å². The summed E-state index contributed by atoms with van der Waals surface area (Å²) in [6.07, 6.45) is 7.81. The Morgan fingerprint density at radius 2 is 1.98 bits per heavy atom. The number of fused-ring (bicyclic) bond motifs is 3. The van der Waals surface area contributed by atoms with Gasteiger partial charge in [-0.1, -0.05) is 0 Å². The summed E-state index contributed by atoms with van der Waals surface area (Å²) in [4.78, 5) is 18.6. The van der Waals surface area contributed by atoms with Gasteiger partial charge in [-0.25, -0.2) is 8.78 Å². The molecule has 9 nitrogen and oxygen atoms in total. The van der Waals surface area contributed by atoms with E-state index < -0.39 is 12.0 Å². The standard InChI is InChI=1S/C31H35F2N7O2/c1-18-11-23-21(14-35-38-23)24(19(18)2)27-25(33)26-22(13-34-27)28(39-8-4-6-31(16-39)7-10-42-31)37-29(36-26)41-17-30-5-3-9-40(30)15-20(32)12-30/h11,13-14,20H,3-10,12,15-17H2,1-2H3,(H,35,38)/t20-,30+,31+/m1/s1. The second-order valence-corrected chi connectivity index (χ2v) is 12.7. The molecule has 0 unspecified atom stereocenters. The zero-order valence-electron chi connectivity index (χ0n) is 24.1. The first kappa shape index (κ1) is 26.2. The van der Waals surface area contributed by atoms with Gasteiger partial charge in [0, 0.05) is 49.6 Å². The Bertz CT molecular complexity index is 1710. The molecule has 1 N–H and O–H groups in total. The molecule has 4 aliphatic rings. The van der Waals surface area contributed by atoms with Crippen molar-refractivity contribution in [3.8, 4) is 17.3 Å². The van der Waals surface area contributed by atoms with Gasteiger partial charge in [-0.3, -0.25) is 15.0 Å². The van der Waals surface area contributed by atoms with Gasteiger partial charge in [0.05, 0.1) is 34.8 Å². The fourth-order valence-corrected chi connectivity index (χ4v) is 7.78. The van der Waals surface area contributed by atoms with Crippen LogP contribution in [0.3, 0.4) is 0 Å². The number of pyridine rings is 1. The van der Waals surface area contributed by atoms with Crippen molar-refractivity contribution in [1.82, 2.24) is 30.0 Å². The molecule has 1 spiro atoms. The summed E-state index contributed by atoms with van der Waals surface area (Å²) in [5.74, 6) is 0.0849. The quantitative estimate of drug-likeness (QED) is 0.354. The van der Waals surface area contributed by atoms with E-state index in [1.165, 1.54) is 0 Å². The highest BCUT2D eigenvalue weighted by atomic mass is 19.1. The van der Waals surface area contributed by atoms with E-state index in [2.05, 4.69) is 30.0 Å². The minimum Gasteiger partial charge on any atom is -0.461 e. The number of ether oxygens (including phenoxy) is 2. The third-order valence-electron chi connectivity index (χ3n) is 10.2. The second kappa shape index (κ2) is 9.54. The van der Waals surface area contributed by atoms with Gasteiger partial charge >= 0.3 is 6.01 Å². The third-order valence-corrected chi connectivity index (χ3v) is 10.2. The molecule has 42 heavy (non-hydrogen) atoms. The molecule has 0 saturated carbocycles. The maximum Gasteiger partial charge on any atom is 0.319 e. The highest BCUT2D eigenvalue weighted by molar-refractivity contribution is 5.99. The number of anilines is 1. The predicted octanol–water partition coefficient (Wildman–Crippen LogP) is 5.04. The molecule has 0 bridgehead atoms. The molecule has 8 rings (SSSR count). The Balaban J connectivity index is 1.25. The average Bonchev–Trinajstić information content (AvgIpc) is 3.66. The average molecular weight is 576 g/mol. The monoisotopic (exact) mass is 575 g/mol. The van der Waals surface area contributed by atoms with Crippen molar-refractivity contribution < 1.29 is 18.3 Å². The lowest BCUT2D eigenvalue weighted by atomic mass is 9.86. The van der Waals surface area contributed by atoms with Crippen molar-refractivity contribution in [1.29, 1.82) is 0 Å². The van der Waals surface area contributed by atoms with E-state index in [1.54, 1.807) is 12.4 Å². The molecular weight excluding hydrogens is 540 g/mol. The van der Waals surface area contributed by atoms with Crippen LogP contribution >= 0.6 is 0 Å². The molecule has 3 aromatic heterocycles. The van der Waals surface area contributed by atoms with Crippen molar-refractivity contribution >= 4 is 27.6 Å². The van der Waals surface area contributed by atoms with E-state index in [0.717, 1.165) is 73.8 Å². The van der Waals surface area contributed by atoms with Crippen LogP contribution in [0.25, 0.3) is 33.1 Å². The second-order valence-electron chi connectivity index (χ2n) is 12.7. The van der Waals surface area contributed by atoms with Crippen molar-refractivity contribution in [3.05, 3.63) is 35.4 Å². The molecule has 4 saturated heterocycles. The van der Waals surface area contributed by atoms with Gasteiger partial charge in [0.15, 0.2) is 5.82 Å². The molecule has 0 aliphatic carbocycles. The maximum absolute atomic E-state index is 16.7. The molecule has 11 heteroatoms. The summed E-state index contributed by atoms with van der Waals surface area (Å²) in [5, 5.41) is 8.55. The number of hydrogen-bond donors (Lipinski definition) is 1. The molecule has 4 aromatic rings. The summed E-state index contributed by atoms with van der Waals surface area (Å²) in [7, 11) is 0. The number of piperidine rings is 1. The first-order valence-electron chi connectivity index (χ1n) is 15.1. The summed E-state index contributed by atoms with van der Waals surface area (Å²) >= 11 is 0. The molecule has 3 atom stereocenters. The molecule has 220 valence electrons. The van der Waals surface area contributed by atoms with Crippen LogP contribution in [0.1, 0.15) is 49.7 Å². The number of nitrogens with one attached hydrogen (secondary N) is 1. The number of aryl methyl sites for hydroxylation is 1. The van der Waals surface area contributed by atoms with Gasteiger partial charge < -0.3 is 14.4 Å². The van der Waals surface area contributed by atoms with Crippen LogP contribution in [0, 0.1) is 19.7 Å². The number of aromatic amines is 1. The molecule has 4 aliphatic heterocycles. The van der Waals surface area contributed by atoms with Gasteiger partial charge in [-0.2, -0.15) is 15.1 Å². The van der Waals surface area contributed by atoms with Crippen molar-refractivity contribution in [2.45, 2.75) is 69.7 Å². The first-order valence-corrected chi connectivity index (χ1v) is 15.1. The van der Waals surface area contributed by atoms with Crippen molar-refractivity contribution in [2.24, 2.45) is 0 Å². The molecule has 7 heterocycles. The third kappa shape index (κ3) is 4.00. The Morgan fingerprint density at radius 3 is 2.81 bits per heavy atom. The lowest BCUT2D eigenvalue weighted by molar-refractivity contribution is -0.151. The van der Waals surface area contributed by atoms with Crippen LogP contribution < -0.4 is 9.64 Å². The number of hydrogen-bond acceptors (Lipinski definition) is 8. The van der Waals surface area contributed by atoms with Crippen LogP contribution in [0.4, 0.5) is 14.6 Å². The molecule has 0 radical (unpaired) electrons.